The van der Waals surface area contributed by atoms with Gasteiger partial charge in [0.1, 0.15) is 5.54 Å². The van der Waals surface area contributed by atoms with Crippen LogP contribution in [-0.4, -0.2) is 58.8 Å². The zero-order chi connectivity index (χ0) is 12.9. The molecule has 0 aromatic rings. The van der Waals surface area contributed by atoms with E-state index in [1.54, 1.807) is 7.11 Å². The number of esters is 1. The minimum atomic E-state index is -3.19. The lowest BCUT2D eigenvalue weighted by Crippen LogP contribution is -2.60. The second kappa shape index (κ2) is 5.79. The second-order valence-electron chi connectivity index (χ2n) is 4.19. The lowest BCUT2D eigenvalue weighted by molar-refractivity contribution is -0.148. The third kappa shape index (κ3) is 3.65. The highest BCUT2D eigenvalue weighted by Gasteiger charge is 2.45. The Morgan fingerprint density at radius 1 is 1.41 bits per heavy atom. The first-order valence-electron chi connectivity index (χ1n) is 5.48. The monoisotopic (exact) mass is 265 g/mol. The van der Waals surface area contributed by atoms with Crippen LogP contribution >= 0.6 is 0 Å². The maximum absolute atomic E-state index is 11.8. The first-order valence-corrected chi connectivity index (χ1v) is 7.31. The maximum atomic E-state index is 11.8. The van der Waals surface area contributed by atoms with Crippen LogP contribution in [0.25, 0.3) is 0 Å². The molecule has 6 nitrogen and oxygen atoms in total. The standard InChI is InChI=1S/C10H19NO5S/c1-15-6-5-11-10(9(12)16-2)4-3-7-17(13,14)8-10/h11H,3-8H2,1-2H3. The van der Waals surface area contributed by atoms with Crippen molar-refractivity contribution in [2.24, 2.45) is 0 Å². The predicted molar refractivity (Wildman–Crippen MR) is 62.5 cm³/mol. The molecule has 1 fully saturated rings. The molecule has 0 spiro atoms. The smallest absolute Gasteiger partial charge is 0.327 e. The summed E-state index contributed by atoms with van der Waals surface area (Å²) in [6.45, 7) is 0.833. The molecule has 0 bridgehead atoms. The third-order valence-electron chi connectivity index (χ3n) is 2.87. The van der Waals surface area contributed by atoms with Gasteiger partial charge in [-0.05, 0) is 12.8 Å². The van der Waals surface area contributed by atoms with Gasteiger partial charge in [0, 0.05) is 13.7 Å². The molecule has 1 rings (SSSR count). The molecule has 1 aliphatic rings. The summed E-state index contributed by atoms with van der Waals surface area (Å²) in [4.78, 5) is 11.8. The second-order valence-corrected chi connectivity index (χ2v) is 6.37. The Balaban J connectivity index is 2.82. The van der Waals surface area contributed by atoms with Gasteiger partial charge in [-0.25, -0.2) is 8.42 Å². The van der Waals surface area contributed by atoms with Gasteiger partial charge in [0.05, 0.1) is 25.2 Å². The van der Waals surface area contributed by atoms with E-state index in [1.165, 1.54) is 7.11 Å². The van der Waals surface area contributed by atoms with E-state index in [4.69, 9.17) is 9.47 Å². The highest BCUT2D eigenvalue weighted by molar-refractivity contribution is 7.91. The SMILES string of the molecule is COCCNC1(C(=O)OC)CCCS(=O)(=O)C1. The minimum absolute atomic E-state index is 0.137. The van der Waals surface area contributed by atoms with Crippen molar-refractivity contribution in [1.82, 2.24) is 5.32 Å². The Labute approximate surface area is 102 Å². The van der Waals surface area contributed by atoms with Crippen molar-refractivity contribution in [3.8, 4) is 0 Å². The average Bonchev–Trinajstić information content (AvgIpc) is 2.27. The normalized spacial score (nSPS) is 27.6. The molecule has 0 amide bonds. The summed E-state index contributed by atoms with van der Waals surface area (Å²) in [5.74, 6) is -0.578. The van der Waals surface area contributed by atoms with Gasteiger partial charge in [-0.2, -0.15) is 0 Å². The van der Waals surface area contributed by atoms with Gasteiger partial charge in [0.15, 0.2) is 9.84 Å². The van der Waals surface area contributed by atoms with Crippen molar-refractivity contribution in [3.63, 3.8) is 0 Å². The van der Waals surface area contributed by atoms with Crippen LogP contribution in [0.1, 0.15) is 12.8 Å². The van der Waals surface area contributed by atoms with Crippen LogP contribution in [-0.2, 0) is 24.1 Å². The summed E-state index contributed by atoms with van der Waals surface area (Å²) >= 11 is 0. The van der Waals surface area contributed by atoms with E-state index in [2.05, 4.69) is 5.32 Å². The van der Waals surface area contributed by atoms with Crippen molar-refractivity contribution >= 4 is 15.8 Å². The molecule has 1 N–H and O–H groups in total. The fourth-order valence-corrected chi connectivity index (χ4v) is 3.92. The van der Waals surface area contributed by atoms with E-state index >= 15 is 0 Å². The first-order chi connectivity index (χ1) is 7.96. The van der Waals surface area contributed by atoms with Crippen LogP contribution in [0.5, 0.6) is 0 Å². The largest absolute Gasteiger partial charge is 0.468 e. The molecule has 0 aromatic heterocycles. The van der Waals surface area contributed by atoms with E-state index < -0.39 is 21.3 Å². The van der Waals surface area contributed by atoms with Gasteiger partial charge in [-0.15, -0.1) is 0 Å². The number of nitrogens with one attached hydrogen (secondary N) is 1. The fraction of sp³-hybridized carbons (Fsp3) is 0.900. The van der Waals surface area contributed by atoms with Crippen molar-refractivity contribution in [1.29, 1.82) is 0 Å². The molecule has 1 aliphatic heterocycles. The zero-order valence-electron chi connectivity index (χ0n) is 10.2. The Hall–Kier alpha value is -0.660. The van der Waals surface area contributed by atoms with E-state index in [1.807, 2.05) is 0 Å². The van der Waals surface area contributed by atoms with Gasteiger partial charge >= 0.3 is 5.97 Å². The van der Waals surface area contributed by atoms with Crippen LogP contribution < -0.4 is 5.32 Å². The number of ether oxygens (including phenoxy) is 2. The van der Waals surface area contributed by atoms with E-state index in [9.17, 15) is 13.2 Å². The molecule has 0 radical (unpaired) electrons. The van der Waals surface area contributed by atoms with Gasteiger partial charge in [0.2, 0.25) is 0 Å². The highest BCUT2D eigenvalue weighted by Crippen LogP contribution is 2.24. The fourth-order valence-electron chi connectivity index (χ4n) is 2.07. The molecule has 0 aliphatic carbocycles. The van der Waals surface area contributed by atoms with Crippen LogP contribution in [0.4, 0.5) is 0 Å². The lowest BCUT2D eigenvalue weighted by Gasteiger charge is -2.34. The van der Waals surface area contributed by atoms with E-state index in [0.717, 1.165) is 0 Å². The molecule has 0 aromatic carbocycles. The summed E-state index contributed by atoms with van der Waals surface area (Å²) < 4.78 is 32.9. The van der Waals surface area contributed by atoms with Crippen LogP contribution in [0.3, 0.4) is 0 Å². The molecule has 7 heteroatoms. The van der Waals surface area contributed by atoms with Gasteiger partial charge in [-0.1, -0.05) is 0 Å². The zero-order valence-corrected chi connectivity index (χ0v) is 11.0. The summed E-state index contributed by atoms with van der Waals surface area (Å²) in [6.07, 6.45) is 0.944. The number of methoxy groups -OCH3 is 2. The molecule has 1 heterocycles. The lowest BCUT2D eigenvalue weighted by atomic mass is 9.95. The molecule has 0 saturated carbocycles. The van der Waals surface area contributed by atoms with Crippen LogP contribution in [0, 0.1) is 0 Å². The number of carbonyl (C=O) groups excluding carboxylic acids is 1. The van der Waals surface area contributed by atoms with Crippen molar-refractivity contribution in [3.05, 3.63) is 0 Å². The Kier molecular flexibility index (Phi) is 4.91. The summed E-state index contributed by atoms with van der Waals surface area (Å²) in [5, 5.41) is 2.96. The number of sulfone groups is 1. The Morgan fingerprint density at radius 3 is 2.65 bits per heavy atom. The molecular weight excluding hydrogens is 246 g/mol. The Morgan fingerprint density at radius 2 is 2.12 bits per heavy atom. The number of hydrogen-bond donors (Lipinski definition) is 1. The number of carbonyl (C=O) groups is 1. The predicted octanol–water partition coefficient (Wildman–Crippen LogP) is -0.657. The third-order valence-corrected chi connectivity index (χ3v) is 4.71. The topological polar surface area (TPSA) is 81.7 Å². The number of rotatable bonds is 5. The van der Waals surface area contributed by atoms with Crippen LogP contribution in [0.15, 0.2) is 0 Å². The van der Waals surface area contributed by atoms with Crippen molar-refractivity contribution in [2.45, 2.75) is 18.4 Å². The van der Waals surface area contributed by atoms with Gasteiger partial charge in [-0.3, -0.25) is 10.1 Å². The summed E-state index contributed by atoms with van der Waals surface area (Å²) in [7, 11) is -0.374. The average molecular weight is 265 g/mol. The van der Waals surface area contributed by atoms with Gasteiger partial charge < -0.3 is 9.47 Å². The molecule has 1 atom stereocenters. The van der Waals surface area contributed by atoms with Crippen molar-refractivity contribution in [2.75, 3.05) is 38.9 Å². The van der Waals surface area contributed by atoms with Gasteiger partial charge in [0.25, 0.3) is 0 Å². The molecular formula is C10H19NO5S. The maximum Gasteiger partial charge on any atom is 0.327 e. The molecule has 17 heavy (non-hydrogen) atoms. The molecule has 100 valence electrons. The first kappa shape index (κ1) is 14.4. The summed E-state index contributed by atoms with van der Waals surface area (Å²) in [6, 6.07) is 0. The quantitative estimate of drug-likeness (QED) is 0.525. The Bertz CT molecular complexity index is 367. The van der Waals surface area contributed by atoms with Crippen molar-refractivity contribution < 1.29 is 22.7 Å². The summed E-state index contributed by atoms with van der Waals surface area (Å²) in [5.41, 5.74) is -1.11. The molecule has 1 unspecified atom stereocenters. The highest BCUT2D eigenvalue weighted by atomic mass is 32.2. The number of hydrogen-bond acceptors (Lipinski definition) is 6. The van der Waals surface area contributed by atoms with Crippen LogP contribution in [0.2, 0.25) is 0 Å². The minimum Gasteiger partial charge on any atom is -0.468 e. The van der Waals surface area contributed by atoms with E-state index in [0.29, 0.717) is 26.0 Å². The molecule has 1 saturated heterocycles. The van der Waals surface area contributed by atoms with E-state index in [-0.39, 0.29) is 11.5 Å².